The number of hydrogen-bond donors (Lipinski definition) is 2. The monoisotopic (exact) mass is 296 g/mol. The summed E-state index contributed by atoms with van der Waals surface area (Å²) in [6, 6.07) is 17.0. The average molecular weight is 296 g/mol. The van der Waals surface area contributed by atoms with Gasteiger partial charge in [0, 0.05) is 5.56 Å². The van der Waals surface area contributed by atoms with Gasteiger partial charge in [0.2, 0.25) is 0 Å². The lowest BCUT2D eigenvalue weighted by Crippen LogP contribution is -2.22. The van der Waals surface area contributed by atoms with E-state index in [0.717, 1.165) is 0 Å². The van der Waals surface area contributed by atoms with E-state index in [2.05, 4.69) is 10.4 Å². The number of aromatic nitrogens is 2. The second-order valence-corrected chi connectivity index (χ2v) is 4.61. The van der Waals surface area contributed by atoms with E-state index in [9.17, 15) is 9.18 Å². The van der Waals surface area contributed by atoms with E-state index < -0.39 is 11.8 Å². The van der Waals surface area contributed by atoms with Crippen molar-refractivity contribution in [2.45, 2.75) is 0 Å². The molecule has 22 heavy (non-hydrogen) atoms. The van der Waals surface area contributed by atoms with E-state index in [-0.39, 0.29) is 11.5 Å². The minimum absolute atomic E-state index is 0.0856. The van der Waals surface area contributed by atoms with Crippen LogP contribution in [0, 0.1) is 5.82 Å². The van der Waals surface area contributed by atoms with E-state index in [4.69, 9.17) is 5.73 Å². The van der Waals surface area contributed by atoms with Crippen molar-refractivity contribution in [2.75, 3.05) is 5.32 Å². The normalized spacial score (nSPS) is 10.4. The number of carbonyl (C=O) groups excluding carboxylic acids is 1. The standard InChI is InChI=1S/C16H13FN4O/c17-13-14(11-7-3-1-4-8-11)20-21(15(13)19-16(18)22)12-9-5-2-6-10-12/h1-10H,(H3,18,19,22). The smallest absolute Gasteiger partial charge is 0.317 e. The molecule has 6 heteroatoms. The number of halogens is 1. The van der Waals surface area contributed by atoms with Crippen LogP contribution in [0.1, 0.15) is 0 Å². The lowest BCUT2D eigenvalue weighted by molar-refractivity contribution is 0.259. The first kappa shape index (κ1) is 13.8. The van der Waals surface area contributed by atoms with Gasteiger partial charge in [0.05, 0.1) is 5.69 Å². The van der Waals surface area contributed by atoms with Crippen LogP contribution < -0.4 is 11.1 Å². The summed E-state index contributed by atoms with van der Waals surface area (Å²) in [5.74, 6) is -0.716. The molecule has 2 aromatic carbocycles. The predicted octanol–water partition coefficient (Wildman–Crippen LogP) is 3.17. The highest BCUT2D eigenvalue weighted by atomic mass is 19.1. The molecule has 0 atom stereocenters. The number of benzene rings is 2. The van der Waals surface area contributed by atoms with E-state index in [1.54, 1.807) is 48.5 Å². The van der Waals surface area contributed by atoms with Gasteiger partial charge in [0.15, 0.2) is 11.6 Å². The fourth-order valence-corrected chi connectivity index (χ4v) is 2.16. The summed E-state index contributed by atoms with van der Waals surface area (Å²) in [5, 5.41) is 6.57. The van der Waals surface area contributed by atoms with E-state index >= 15 is 0 Å². The highest BCUT2D eigenvalue weighted by Crippen LogP contribution is 2.29. The van der Waals surface area contributed by atoms with Gasteiger partial charge in [-0.05, 0) is 12.1 Å². The Kier molecular flexibility index (Phi) is 3.57. The number of nitrogens with two attached hydrogens (primary N) is 1. The number of primary amides is 1. The van der Waals surface area contributed by atoms with Crippen LogP contribution >= 0.6 is 0 Å². The van der Waals surface area contributed by atoms with Gasteiger partial charge in [-0.1, -0.05) is 48.5 Å². The van der Waals surface area contributed by atoms with E-state index in [1.807, 2.05) is 12.1 Å². The maximum absolute atomic E-state index is 14.7. The first-order valence-corrected chi connectivity index (χ1v) is 6.62. The molecule has 3 aromatic rings. The predicted molar refractivity (Wildman–Crippen MR) is 82.2 cm³/mol. The SMILES string of the molecule is NC(=O)Nc1c(F)c(-c2ccccc2)nn1-c1ccccc1. The lowest BCUT2D eigenvalue weighted by Gasteiger charge is -2.06. The van der Waals surface area contributed by atoms with Gasteiger partial charge in [0.25, 0.3) is 0 Å². The van der Waals surface area contributed by atoms with Gasteiger partial charge >= 0.3 is 6.03 Å². The van der Waals surface area contributed by atoms with Crippen LogP contribution in [0.3, 0.4) is 0 Å². The Morgan fingerprint density at radius 1 is 1.05 bits per heavy atom. The second kappa shape index (κ2) is 5.69. The number of urea groups is 1. The van der Waals surface area contributed by atoms with Gasteiger partial charge < -0.3 is 5.73 Å². The van der Waals surface area contributed by atoms with Gasteiger partial charge in [-0.15, -0.1) is 0 Å². The van der Waals surface area contributed by atoms with Crippen molar-refractivity contribution in [1.82, 2.24) is 9.78 Å². The summed E-state index contributed by atoms with van der Waals surface area (Å²) >= 11 is 0. The number of rotatable bonds is 3. The van der Waals surface area contributed by atoms with Crippen molar-refractivity contribution < 1.29 is 9.18 Å². The third-order valence-corrected chi connectivity index (χ3v) is 3.12. The molecule has 0 aliphatic carbocycles. The van der Waals surface area contributed by atoms with Crippen LogP contribution in [0.15, 0.2) is 60.7 Å². The van der Waals surface area contributed by atoms with Crippen molar-refractivity contribution in [3.05, 3.63) is 66.5 Å². The van der Waals surface area contributed by atoms with Crippen molar-refractivity contribution in [3.8, 4) is 16.9 Å². The summed E-state index contributed by atoms with van der Waals surface area (Å²) in [7, 11) is 0. The molecule has 110 valence electrons. The van der Waals surface area contributed by atoms with Gasteiger partial charge in [-0.25, -0.2) is 13.9 Å². The molecule has 0 unspecified atom stereocenters. The highest BCUT2D eigenvalue weighted by molar-refractivity contribution is 5.88. The third-order valence-electron chi connectivity index (χ3n) is 3.12. The largest absolute Gasteiger partial charge is 0.351 e. The number of hydrogen-bond acceptors (Lipinski definition) is 2. The molecule has 3 rings (SSSR count). The van der Waals surface area contributed by atoms with E-state index in [1.165, 1.54) is 4.68 Å². The van der Waals surface area contributed by atoms with Gasteiger partial charge in [0.1, 0.15) is 5.69 Å². The molecule has 5 nitrogen and oxygen atoms in total. The van der Waals surface area contributed by atoms with E-state index in [0.29, 0.717) is 11.3 Å². The summed E-state index contributed by atoms with van der Waals surface area (Å²) in [5.41, 5.74) is 6.51. The Balaban J connectivity index is 2.19. The quantitative estimate of drug-likeness (QED) is 0.779. The fraction of sp³-hybridized carbons (Fsp3) is 0. The molecule has 2 amide bonds. The van der Waals surface area contributed by atoms with Crippen LogP contribution in [0.25, 0.3) is 16.9 Å². The Morgan fingerprint density at radius 2 is 1.64 bits per heavy atom. The summed E-state index contributed by atoms with van der Waals surface area (Å²) in [4.78, 5) is 11.2. The first-order chi connectivity index (χ1) is 10.7. The second-order valence-electron chi connectivity index (χ2n) is 4.61. The molecule has 0 fully saturated rings. The minimum atomic E-state index is -0.851. The van der Waals surface area contributed by atoms with Gasteiger partial charge in [-0.3, -0.25) is 5.32 Å². The van der Waals surface area contributed by atoms with Crippen molar-refractivity contribution >= 4 is 11.8 Å². The third kappa shape index (κ3) is 2.54. The van der Waals surface area contributed by atoms with Gasteiger partial charge in [-0.2, -0.15) is 5.10 Å². The molecular weight excluding hydrogens is 283 g/mol. The summed E-state index contributed by atoms with van der Waals surface area (Å²) in [6.45, 7) is 0. The zero-order valence-electron chi connectivity index (χ0n) is 11.5. The number of carbonyl (C=O) groups is 1. The molecule has 0 saturated heterocycles. The summed E-state index contributed by atoms with van der Waals surface area (Å²) in [6.07, 6.45) is 0. The Morgan fingerprint density at radius 3 is 2.23 bits per heavy atom. The number of anilines is 1. The van der Waals surface area contributed by atoms with Crippen molar-refractivity contribution in [1.29, 1.82) is 0 Å². The molecule has 0 radical (unpaired) electrons. The highest BCUT2D eigenvalue weighted by Gasteiger charge is 2.21. The van der Waals surface area contributed by atoms with Crippen molar-refractivity contribution in [3.63, 3.8) is 0 Å². The fourth-order valence-electron chi connectivity index (χ4n) is 2.16. The van der Waals surface area contributed by atoms with Crippen LogP contribution in [-0.4, -0.2) is 15.8 Å². The molecule has 0 spiro atoms. The van der Waals surface area contributed by atoms with Crippen molar-refractivity contribution in [2.24, 2.45) is 5.73 Å². The number of nitrogens with zero attached hydrogens (tertiary/aromatic N) is 2. The maximum Gasteiger partial charge on any atom is 0.317 e. The number of amides is 2. The molecule has 0 saturated carbocycles. The molecular formula is C16H13FN4O. The van der Waals surface area contributed by atoms with Crippen LogP contribution in [-0.2, 0) is 0 Å². The Bertz CT molecular complexity index is 800. The van der Waals surface area contributed by atoms with Crippen LogP contribution in [0.4, 0.5) is 15.0 Å². The molecule has 1 heterocycles. The minimum Gasteiger partial charge on any atom is -0.351 e. The molecule has 1 aromatic heterocycles. The van der Waals surface area contributed by atoms with Crippen LogP contribution in [0.2, 0.25) is 0 Å². The zero-order chi connectivity index (χ0) is 15.5. The average Bonchev–Trinajstić information content (AvgIpc) is 2.86. The molecule has 0 bridgehead atoms. The Hall–Kier alpha value is -3.15. The molecule has 0 aliphatic heterocycles. The summed E-state index contributed by atoms with van der Waals surface area (Å²) < 4.78 is 16.0. The first-order valence-electron chi connectivity index (χ1n) is 6.62. The molecule has 0 aliphatic rings. The molecule has 3 N–H and O–H groups in total. The topological polar surface area (TPSA) is 72.9 Å². The maximum atomic E-state index is 14.7. The Labute approximate surface area is 126 Å². The van der Waals surface area contributed by atoms with Crippen LogP contribution in [0.5, 0.6) is 0 Å². The lowest BCUT2D eigenvalue weighted by atomic mass is 10.1. The number of para-hydroxylation sites is 1. The zero-order valence-corrected chi connectivity index (χ0v) is 11.5. The number of nitrogens with one attached hydrogen (secondary N) is 1.